The highest BCUT2D eigenvalue weighted by atomic mass is 19.1. The van der Waals surface area contributed by atoms with Crippen LogP contribution in [-0.2, 0) is 0 Å². The predicted octanol–water partition coefficient (Wildman–Crippen LogP) is 5.03. The normalized spacial score (nSPS) is 19.9. The standard InChI is InChI=1S/C28H25FN4O/c29-22-10-11-25-26(13-22)31-27(14-30-25)32-15-19-12-20(16-32)18-33(17-19)28(34)24-9-5-4-8-23(24)21-6-2-1-3-7-21/h1-11,13-14,19-20H,12,15-18H2. The number of halogens is 1. The van der Waals surface area contributed by atoms with Crippen LogP contribution in [-0.4, -0.2) is 47.0 Å². The Labute approximate surface area is 197 Å². The van der Waals surface area contributed by atoms with Crippen LogP contribution >= 0.6 is 0 Å². The van der Waals surface area contributed by atoms with Crippen LogP contribution < -0.4 is 4.90 Å². The van der Waals surface area contributed by atoms with E-state index in [0.717, 1.165) is 55.1 Å². The number of carbonyl (C=O) groups is 1. The molecule has 4 aromatic rings. The van der Waals surface area contributed by atoms with Gasteiger partial charge >= 0.3 is 0 Å². The quantitative estimate of drug-likeness (QED) is 0.437. The van der Waals surface area contributed by atoms with Crippen LogP contribution in [0.3, 0.4) is 0 Å². The molecule has 6 heteroatoms. The number of fused-ring (bicyclic) bond motifs is 3. The first-order valence-electron chi connectivity index (χ1n) is 11.7. The van der Waals surface area contributed by atoms with Crippen molar-refractivity contribution in [1.82, 2.24) is 14.9 Å². The Bertz CT molecular complexity index is 1350. The van der Waals surface area contributed by atoms with Crippen molar-refractivity contribution in [3.63, 3.8) is 0 Å². The van der Waals surface area contributed by atoms with Crippen LogP contribution in [0.1, 0.15) is 16.8 Å². The van der Waals surface area contributed by atoms with Gasteiger partial charge in [0.15, 0.2) is 0 Å². The molecular formula is C28H25FN4O. The molecule has 5 nitrogen and oxygen atoms in total. The van der Waals surface area contributed by atoms with Gasteiger partial charge < -0.3 is 9.80 Å². The van der Waals surface area contributed by atoms with Crippen LogP contribution in [0.2, 0.25) is 0 Å². The van der Waals surface area contributed by atoms with Gasteiger partial charge in [-0.2, -0.15) is 0 Å². The summed E-state index contributed by atoms with van der Waals surface area (Å²) in [7, 11) is 0. The third kappa shape index (κ3) is 3.89. The Hall–Kier alpha value is -3.80. The van der Waals surface area contributed by atoms with Crippen LogP contribution in [0.4, 0.5) is 10.2 Å². The van der Waals surface area contributed by atoms with Crippen molar-refractivity contribution in [3.8, 4) is 11.1 Å². The number of benzene rings is 3. The second kappa shape index (κ2) is 8.52. The molecule has 3 aromatic carbocycles. The summed E-state index contributed by atoms with van der Waals surface area (Å²) in [6, 6.07) is 22.5. The summed E-state index contributed by atoms with van der Waals surface area (Å²) >= 11 is 0. The van der Waals surface area contributed by atoms with Crippen LogP contribution in [0.5, 0.6) is 0 Å². The molecule has 0 spiro atoms. The van der Waals surface area contributed by atoms with E-state index < -0.39 is 0 Å². The van der Waals surface area contributed by atoms with Gasteiger partial charge in [0.25, 0.3) is 5.91 Å². The molecule has 2 fully saturated rings. The largest absolute Gasteiger partial charge is 0.355 e. The van der Waals surface area contributed by atoms with Gasteiger partial charge in [-0.15, -0.1) is 0 Å². The molecule has 2 unspecified atom stereocenters. The number of hydrogen-bond donors (Lipinski definition) is 0. The molecule has 34 heavy (non-hydrogen) atoms. The summed E-state index contributed by atoms with van der Waals surface area (Å²) in [4.78, 5) is 27.0. The van der Waals surface area contributed by atoms with E-state index in [-0.39, 0.29) is 11.7 Å². The van der Waals surface area contributed by atoms with E-state index in [1.54, 1.807) is 12.3 Å². The Morgan fingerprint density at radius 2 is 1.59 bits per heavy atom. The van der Waals surface area contributed by atoms with Crippen molar-refractivity contribution in [1.29, 1.82) is 0 Å². The first-order chi connectivity index (χ1) is 16.6. The van der Waals surface area contributed by atoms with Gasteiger partial charge in [-0.3, -0.25) is 9.78 Å². The number of carbonyl (C=O) groups excluding carboxylic acids is 1. The smallest absolute Gasteiger partial charge is 0.254 e. The van der Waals surface area contributed by atoms with Gasteiger partial charge in [-0.25, -0.2) is 9.37 Å². The number of nitrogens with zero attached hydrogens (tertiary/aromatic N) is 4. The molecule has 0 N–H and O–H groups in total. The average molecular weight is 453 g/mol. The lowest BCUT2D eigenvalue weighted by atomic mass is 9.84. The van der Waals surface area contributed by atoms with E-state index in [4.69, 9.17) is 0 Å². The lowest BCUT2D eigenvalue weighted by molar-refractivity contribution is 0.0565. The maximum atomic E-state index is 13.7. The van der Waals surface area contributed by atoms with Crippen molar-refractivity contribution in [3.05, 3.63) is 90.4 Å². The summed E-state index contributed by atoms with van der Waals surface area (Å²) in [5.41, 5.74) is 4.05. The number of rotatable bonds is 3. The molecule has 0 aliphatic carbocycles. The number of anilines is 1. The topological polar surface area (TPSA) is 49.3 Å². The summed E-state index contributed by atoms with van der Waals surface area (Å²) in [5.74, 6) is 1.31. The zero-order valence-corrected chi connectivity index (χ0v) is 18.8. The first kappa shape index (κ1) is 20.8. The molecule has 2 bridgehead atoms. The van der Waals surface area contributed by atoms with Crippen molar-refractivity contribution >= 4 is 22.8 Å². The van der Waals surface area contributed by atoms with E-state index in [2.05, 4.69) is 14.9 Å². The minimum atomic E-state index is -0.306. The van der Waals surface area contributed by atoms with Crippen LogP contribution in [0.25, 0.3) is 22.2 Å². The number of aromatic nitrogens is 2. The van der Waals surface area contributed by atoms with Crippen molar-refractivity contribution in [2.24, 2.45) is 11.8 Å². The lowest BCUT2D eigenvalue weighted by Gasteiger charge is -2.46. The Morgan fingerprint density at radius 3 is 2.38 bits per heavy atom. The minimum Gasteiger partial charge on any atom is -0.355 e. The zero-order chi connectivity index (χ0) is 23.1. The van der Waals surface area contributed by atoms with E-state index >= 15 is 0 Å². The Kier molecular flexibility index (Phi) is 5.21. The van der Waals surface area contributed by atoms with Crippen LogP contribution in [0.15, 0.2) is 79.0 Å². The van der Waals surface area contributed by atoms with Gasteiger partial charge in [0.05, 0.1) is 17.2 Å². The maximum absolute atomic E-state index is 13.7. The summed E-state index contributed by atoms with van der Waals surface area (Å²) < 4.78 is 13.7. The highest BCUT2D eigenvalue weighted by Crippen LogP contribution is 2.33. The summed E-state index contributed by atoms with van der Waals surface area (Å²) in [6.07, 6.45) is 2.89. The van der Waals surface area contributed by atoms with E-state index in [9.17, 15) is 9.18 Å². The number of amides is 1. The van der Waals surface area contributed by atoms with E-state index in [0.29, 0.717) is 22.9 Å². The molecule has 0 radical (unpaired) electrons. The molecule has 3 heterocycles. The fourth-order valence-electron chi connectivity index (χ4n) is 5.47. The molecule has 170 valence electrons. The molecule has 1 aromatic heterocycles. The SMILES string of the molecule is O=C(c1ccccc1-c1ccccc1)N1CC2CC(C1)CN(c1cnc3ccc(F)cc3n1)C2. The van der Waals surface area contributed by atoms with E-state index in [1.807, 2.05) is 59.5 Å². The monoisotopic (exact) mass is 452 g/mol. The third-order valence-corrected chi connectivity index (χ3v) is 6.93. The molecule has 2 aliphatic heterocycles. The summed E-state index contributed by atoms with van der Waals surface area (Å²) in [6.45, 7) is 3.08. The molecule has 0 saturated carbocycles. The minimum absolute atomic E-state index is 0.101. The van der Waals surface area contributed by atoms with E-state index in [1.165, 1.54) is 12.1 Å². The second-order valence-electron chi connectivity index (χ2n) is 9.36. The Morgan fingerprint density at radius 1 is 0.853 bits per heavy atom. The van der Waals surface area contributed by atoms with Crippen molar-refractivity contribution in [2.75, 3.05) is 31.1 Å². The molecule has 2 aliphatic rings. The number of hydrogen-bond acceptors (Lipinski definition) is 4. The maximum Gasteiger partial charge on any atom is 0.254 e. The highest BCUT2D eigenvalue weighted by Gasteiger charge is 2.37. The molecule has 2 saturated heterocycles. The zero-order valence-electron chi connectivity index (χ0n) is 18.8. The van der Waals surface area contributed by atoms with Crippen LogP contribution in [0, 0.1) is 17.7 Å². The third-order valence-electron chi connectivity index (χ3n) is 6.93. The van der Waals surface area contributed by atoms with Crippen molar-refractivity contribution in [2.45, 2.75) is 6.42 Å². The molecule has 2 atom stereocenters. The first-order valence-corrected chi connectivity index (χ1v) is 11.7. The van der Waals surface area contributed by atoms with Gasteiger partial charge in [-0.1, -0.05) is 48.5 Å². The summed E-state index contributed by atoms with van der Waals surface area (Å²) in [5, 5.41) is 0. The van der Waals surface area contributed by atoms with Crippen molar-refractivity contribution < 1.29 is 9.18 Å². The molecular weight excluding hydrogens is 427 g/mol. The van der Waals surface area contributed by atoms with Gasteiger partial charge in [0, 0.05) is 37.8 Å². The average Bonchev–Trinajstić information content (AvgIpc) is 2.87. The molecule has 1 amide bonds. The number of piperidine rings is 2. The second-order valence-corrected chi connectivity index (χ2v) is 9.36. The highest BCUT2D eigenvalue weighted by molar-refractivity contribution is 6.01. The fraction of sp³-hybridized carbons (Fsp3) is 0.250. The fourth-order valence-corrected chi connectivity index (χ4v) is 5.47. The van der Waals surface area contributed by atoms with Gasteiger partial charge in [0.2, 0.25) is 0 Å². The molecule has 6 rings (SSSR count). The number of likely N-dealkylation sites (tertiary alicyclic amines) is 1. The Balaban J connectivity index is 1.22. The van der Waals surface area contributed by atoms with Gasteiger partial charge in [-0.05, 0) is 47.6 Å². The lowest BCUT2D eigenvalue weighted by Crippen LogP contribution is -2.54. The van der Waals surface area contributed by atoms with Gasteiger partial charge in [0.1, 0.15) is 11.6 Å². The predicted molar refractivity (Wildman–Crippen MR) is 131 cm³/mol.